The fraction of sp³-hybridized carbons (Fsp3) is 0.312. The van der Waals surface area contributed by atoms with Crippen molar-refractivity contribution in [3.8, 4) is 10.4 Å². The zero-order valence-corrected chi connectivity index (χ0v) is 14.6. The summed E-state index contributed by atoms with van der Waals surface area (Å²) >= 11 is 1.60. The maximum atomic E-state index is 12.6. The number of aromatic nitrogens is 5. The van der Waals surface area contributed by atoms with Crippen molar-refractivity contribution < 1.29 is 4.39 Å². The van der Waals surface area contributed by atoms with Crippen LogP contribution < -0.4 is 11.4 Å². The van der Waals surface area contributed by atoms with Crippen LogP contribution in [0, 0.1) is 0 Å². The van der Waals surface area contributed by atoms with Crippen molar-refractivity contribution in [3.63, 3.8) is 0 Å². The average molecular weight is 362 g/mol. The highest BCUT2D eigenvalue weighted by molar-refractivity contribution is 7.15. The highest BCUT2D eigenvalue weighted by atomic mass is 32.1. The first-order valence-electron chi connectivity index (χ1n) is 7.86. The molecule has 0 atom stereocenters. The predicted molar refractivity (Wildman–Crippen MR) is 95.0 cm³/mol. The number of halogens is 1. The molecule has 0 fully saturated rings. The smallest absolute Gasteiger partial charge is 0.327 e. The molecule has 3 aromatic rings. The van der Waals surface area contributed by atoms with Gasteiger partial charge >= 0.3 is 5.69 Å². The number of thiophene rings is 1. The van der Waals surface area contributed by atoms with Gasteiger partial charge in [-0.3, -0.25) is 9.25 Å². The molecule has 0 aliphatic carbocycles. The highest BCUT2D eigenvalue weighted by Gasteiger charge is 2.10. The Balaban J connectivity index is 1.75. The molecule has 3 aromatic heterocycles. The summed E-state index contributed by atoms with van der Waals surface area (Å²) in [5, 5.41) is 8.30. The maximum Gasteiger partial charge on any atom is 0.346 e. The standard InChI is InChI=1S/C16H19FN6OS/c1-2-22-9-13(7-19-22)15-4-3-14(25-15)10-21-11-20-23(16(21)24)8-12(5-17)6-18/h3-5,7,9,11H,2,6,8,10,18H2,1H3/b12-5+. The molecule has 0 radical (unpaired) electrons. The van der Waals surface area contributed by atoms with E-state index >= 15 is 0 Å². The molecule has 0 amide bonds. The SMILES string of the molecule is CCn1cc(-c2ccc(Cn3cnn(C/C(=C/F)CN)c3=O)s2)cn1. The van der Waals surface area contributed by atoms with Gasteiger partial charge in [0.05, 0.1) is 25.6 Å². The van der Waals surface area contributed by atoms with E-state index in [9.17, 15) is 9.18 Å². The van der Waals surface area contributed by atoms with Crippen LogP contribution in [0.1, 0.15) is 11.8 Å². The number of hydrogen-bond acceptors (Lipinski definition) is 5. The van der Waals surface area contributed by atoms with E-state index in [0.29, 0.717) is 18.4 Å². The third kappa shape index (κ3) is 3.77. The molecule has 25 heavy (non-hydrogen) atoms. The topological polar surface area (TPSA) is 83.7 Å². The Morgan fingerprint density at radius 2 is 2.24 bits per heavy atom. The van der Waals surface area contributed by atoms with E-state index in [1.165, 1.54) is 15.6 Å². The average Bonchev–Trinajstić information content (AvgIpc) is 3.35. The van der Waals surface area contributed by atoms with Gasteiger partial charge in [0.15, 0.2) is 0 Å². The summed E-state index contributed by atoms with van der Waals surface area (Å²) in [6, 6.07) is 4.00. The molecule has 3 heterocycles. The van der Waals surface area contributed by atoms with E-state index in [1.807, 2.05) is 36.1 Å². The summed E-state index contributed by atoms with van der Waals surface area (Å²) in [7, 11) is 0. The lowest BCUT2D eigenvalue weighted by Gasteiger charge is -2.01. The number of hydrogen-bond donors (Lipinski definition) is 1. The van der Waals surface area contributed by atoms with E-state index in [1.54, 1.807) is 11.3 Å². The van der Waals surface area contributed by atoms with E-state index in [2.05, 4.69) is 10.2 Å². The number of rotatable bonds is 7. The van der Waals surface area contributed by atoms with Crippen molar-refractivity contribution in [3.05, 3.63) is 58.1 Å². The number of nitrogens with two attached hydrogens (primary N) is 1. The van der Waals surface area contributed by atoms with Crippen LogP contribution in [0.25, 0.3) is 10.4 Å². The van der Waals surface area contributed by atoms with E-state index in [4.69, 9.17) is 5.73 Å². The molecule has 0 unspecified atom stereocenters. The Bertz CT molecular complexity index is 934. The summed E-state index contributed by atoms with van der Waals surface area (Å²) in [6.07, 6.45) is 5.72. The molecule has 132 valence electrons. The quantitative estimate of drug-likeness (QED) is 0.695. The highest BCUT2D eigenvalue weighted by Crippen LogP contribution is 2.28. The minimum absolute atomic E-state index is 0.0511. The molecule has 0 bridgehead atoms. The van der Waals surface area contributed by atoms with Gasteiger partial charge in [-0.15, -0.1) is 11.3 Å². The summed E-state index contributed by atoms with van der Waals surface area (Å²) < 4.78 is 17.2. The fourth-order valence-corrected chi connectivity index (χ4v) is 3.36. The van der Waals surface area contributed by atoms with E-state index in [-0.39, 0.29) is 18.8 Å². The van der Waals surface area contributed by atoms with Gasteiger partial charge in [0, 0.05) is 34.6 Å². The third-order valence-corrected chi connectivity index (χ3v) is 4.91. The summed E-state index contributed by atoms with van der Waals surface area (Å²) in [5.41, 5.74) is 6.50. The molecular formula is C16H19FN6OS. The van der Waals surface area contributed by atoms with Crippen LogP contribution in [0.3, 0.4) is 0 Å². The molecule has 0 aliphatic rings. The first-order valence-corrected chi connectivity index (χ1v) is 8.68. The van der Waals surface area contributed by atoms with Crippen LogP contribution >= 0.6 is 11.3 Å². The van der Waals surface area contributed by atoms with Crippen LogP contribution in [-0.4, -0.2) is 30.7 Å². The molecule has 0 aliphatic heterocycles. The Morgan fingerprint density at radius 1 is 1.40 bits per heavy atom. The molecule has 0 aromatic carbocycles. The van der Waals surface area contributed by atoms with Gasteiger partial charge < -0.3 is 5.73 Å². The molecule has 0 saturated heterocycles. The van der Waals surface area contributed by atoms with Crippen molar-refractivity contribution in [1.82, 2.24) is 24.1 Å². The molecule has 0 spiro atoms. The van der Waals surface area contributed by atoms with Gasteiger partial charge in [0.25, 0.3) is 0 Å². The van der Waals surface area contributed by atoms with Crippen molar-refractivity contribution >= 4 is 11.3 Å². The summed E-state index contributed by atoms with van der Waals surface area (Å²) in [6.45, 7) is 3.39. The van der Waals surface area contributed by atoms with Crippen LogP contribution in [0.4, 0.5) is 4.39 Å². The van der Waals surface area contributed by atoms with Gasteiger partial charge in [0.1, 0.15) is 6.33 Å². The third-order valence-electron chi connectivity index (χ3n) is 3.80. The zero-order valence-electron chi connectivity index (χ0n) is 13.8. The van der Waals surface area contributed by atoms with Crippen LogP contribution in [0.5, 0.6) is 0 Å². The van der Waals surface area contributed by atoms with Crippen molar-refractivity contribution in [1.29, 1.82) is 0 Å². The van der Waals surface area contributed by atoms with E-state index < -0.39 is 0 Å². The predicted octanol–water partition coefficient (Wildman–Crippen LogP) is 1.85. The Labute approximate surface area is 147 Å². The zero-order chi connectivity index (χ0) is 17.8. The number of nitrogens with zero attached hydrogens (tertiary/aromatic N) is 5. The first kappa shape index (κ1) is 17.3. The second-order valence-corrected chi connectivity index (χ2v) is 6.69. The largest absolute Gasteiger partial charge is 0.346 e. The Kier molecular flexibility index (Phi) is 5.25. The van der Waals surface area contributed by atoms with Crippen molar-refractivity contribution in [2.75, 3.05) is 6.54 Å². The molecule has 7 nitrogen and oxygen atoms in total. The Morgan fingerprint density at radius 3 is 2.92 bits per heavy atom. The lowest BCUT2D eigenvalue weighted by Crippen LogP contribution is -2.26. The normalized spacial score (nSPS) is 12.0. The van der Waals surface area contributed by atoms with Crippen LogP contribution in [0.2, 0.25) is 0 Å². The van der Waals surface area contributed by atoms with Gasteiger partial charge in [-0.1, -0.05) is 0 Å². The first-order chi connectivity index (χ1) is 12.1. The van der Waals surface area contributed by atoms with Gasteiger partial charge in [-0.05, 0) is 24.6 Å². The second-order valence-electron chi connectivity index (χ2n) is 5.52. The minimum atomic E-state index is -0.290. The second kappa shape index (κ2) is 7.58. The Hall–Kier alpha value is -2.52. The van der Waals surface area contributed by atoms with Gasteiger partial charge in [-0.25, -0.2) is 13.9 Å². The summed E-state index contributed by atoms with van der Waals surface area (Å²) in [4.78, 5) is 14.5. The molecule has 0 saturated carbocycles. The van der Waals surface area contributed by atoms with Crippen molar-refractivity contribution in [2.45, 2.75) is 26.6 Å². The molecular weight excluding hydrogens is 343 g/mol. The molecule has 9 heteroatoms. The lowest BCUT2D eigenvalue weighted by atomic mass is 10.3. The van der Waals surface area contributed by atoms with E-state index in [0.717, 1.165) is 21.9 Å². The van der Waals surface area contributed by atoms with Gasteiger partial charge in [0.2, 0.25) is 0 Å². The number of aryl methyl sites for hydroxylation is 1. The van der Waals surface area contributed by atoms with Crippen LogP contribution in [-0.2, 0) is 19.6 Å². The fourth-order valence-electron chi connectivity index (χ4n) is 2.37. The molecule has 3 rings (SSSR count). The van der Waals surface area contributed by atoms with Gasteiger partial charge in [-0.2, -0.15) is 10.2 Å². The van der Waals surface area contributed by atoms with Crippen molar-refractivity contribution in [2.24, 2.45) is 5.73 Å². The molecule has 2 N–H and O–H groups in total. The van der Waals surface area contributed by atoms with Crippen LogP contribution in [0.15, 0.2) is 47.6 Å². The summed E-state index contributed by atoms with van der Waals surface area (Å²) in [5.74, 6) is 0. The maximum absolute atomic E-state index is 12.6. The monoisotopic (exact) mass is 362 g/mol. The minimum Gasteiger partial charge on any atom is -0.327 e. The lowest BCUT2D eigenvalue weighted by molar-refractivity contribution is 0.604.